The van der Waals surface area contributed by atoms with Gasteiger partial charge in [0.15, 0.2) is 5.96 Å². The molecule has 1 aliphatic rings. The Morgan fingerprint density at radius 3 is 2.50 bits per heavy atom. The molecule has 1 amide bonds. The number of carbonyl (C=O) groups is 1. The lowest BCUT2D eigenvalue weighted by molar-refractivity contribution is -0.133. The maximum atomic E-state index is 11.9. The van der Waals surface area contributed by atoms with Crippen molar-refractivity contribution in [3.05, 3.63) is 0 Å². The van der Waals surface area contributed by atoms with Crippen LogP contribution in [0.3, 0.4) is 0 Å². The number of nitrogens with one attached hydrogen (secondary N) is 1. The van der Waals surface area contributed by atoms with Gasteiger partial charge in [0, 0.05) is 19.6 Å². The molecule has 0 aromatic rings. The van der Waals surface area contributed by atoms with Crippen LogP contribution < -0.4 is 11.1 Å². The molecular weight excluding hydrogens is 395 g/mol. The number of guanidine groups is 1. The van der Waals surface area contributed by atoms with Gasteiger partial charge in [-0.3, -0.25) is 4.79 Å². The van der Waals surface area contributed by atoms with E-state index in [4.69, 9.17) is 10.5 Å². The molecule has 130 valence electrons. The first-order valence-corrected chi connectivity index (χ1v) is 8.13. The fourth-order valence-corrected chi connectivity index (χ4v) is 2.24. The van der Waals surface area contributed by atoms with Crippen LogP contribution in [-0.2, 0) is 9.53 Å². The lowest BCUT2D eigenvalue weighted by atomic mass is 10.1. The zero-order valence-corrected chi connectivity index (χ0v) is 16.0. The summed E-state index contributed by atoms with van der Waals surface area (Å²) in [5, 5.41) is 3.06. The van der Waals surface area contributed by atoms with Crippen molar-refractivity contribution in [3.63, 3.8) is 0 Å². The molecule has 0 aliphatic carbocycles. The Morgan fingerprint density at radius 1 is 1.18 bits per heavy atom. The largest absolute Gasteiger partial charge is 0.378 e. The van der Waals surface area contributed by atoms with E-state index in [0.29, 0.717) is 32.3 Å². The van der Waals surface area contributed by atoms with Crippen LogP contribution in [0.2, 0.25) is 0 Å². The smallest absolute Gasteiger partial charge is 0.244 e. The summed E-state index contributed by atoms with van der Waals surface area (Å²) in [5.41, 5.74) is 5.76. The zero-order chi connectivity index (χ0) is 15.3. The molecule has 6 nitrogen and oxygen atoms in total. The van der Waals surface area contributed by atoms with Gasteiger partial charge >= 0.3 is 0 Å². The molecule has 7 heteroatoms. The molecule has 1 heterocycles. The van der Waals surface area contributed by atoms with Gasteiger partial charge in [-0.15, -0.1) is 24.0 Å². The first-order valence-electron chi connectivity index (χ1n) is 8.13. The Kier molecular flexibility index (Phi) is 13.7. The molecule has 1 saturated heterocycles. The highest BCUT2D eigenvalue weighted by molar-refractivity contribution is 14.0. The van der Waals surface area contributed by atoms with E-state index in [0.717, 1.165) is 13.0 Å². The number of morpholine rings is 1. The van der Waals surface area contributed by atoms with Gasteiger partial charge in [0.05, 0.1) is 13.2 Å². The lowest BCUT2D eigenvalue weighted by Gasteiger charge is -2.26. The van der Waals surface area contributed by atoms with Crippen LogP contribution in [0, 0.1) is 0 Å². The van der Waals surface area contributed by atoms with E-state index < -0.39 is 0 Å². The summed E-state index contributed by atoms with van der Waals surface area (Å²) in [6, 6.07) is 0. The van der Waals surface area contributed by atoms with Crippen molar-refractivity contribution in [2.24, 2.45) is 10.7 Å². The van der Waals surface area contributed by atoms with Crippen LogP contribution in [-0.4, -0.2) is 56.2 Å². The Balaban J connectivity index is 0.00000441. The van der Waals surface area contributed by atoms with Crippen LogP contribution in [0.1, 0.15) is 45.4 Å². The van der Waals surface area contributed by atoms with Gasteiger partial charge in [0.25, 0.3) is 0 Å². The van der Waals surface area contributed by atoms with Crippen LogP contribution in [0.15, 0.2) is 4.99 Å². The Hall–Kier alpha value is -0.570. The minimum absolute atomic E-state index is 0. The predicted octanol–water partition coefficient (Wildman–Crippen LogP) is 1.73. The molecule has 0 saturated carbocycles. The third kappa shape index (κ3) is 10.2. The summed E-state index contributed by atoms with van der Waals surface area (Å²) in [6.45, 7) is 5.70. The van der Waals surface area contributed by atoms with Crippen LogP contribution >= 0.6 is 24.0 Å². The topological polar surface area (TPSA) is 79.9 Å². The minimum atomic E-state index is 0. The van der Waals surface area contributed by atoms with Crippen LogP contribution in [0.5, 0.6) is 0 Å². The van der Waals surface area contributed by atoms with E-state index in [2.05, 4.69) is 17.2 Å². The fraction of sp³-hybridized carbons (Fsp3) is 0.867. The van der Waals surface area contributed by atoms with E-state index in [1.54, 1.807) is 4.90 Å². The van der Waals surface area contributed by atoms with Crippen molar-refractivity contribution in [2.75, 3.05) is 39.4 Å². The molecule has 0 atom stereocenters. The first kappa shape index (κ1) is 21.4. The third-order valence-electron chi connectivity index (χ3n) is 3.58. The molecule has 1 aliphatic heterocycles. The highest BCUT2D eigenvalue weighted by atomic mass is 127. The molecule has 0 bridgehead atoms. The number of nitrogens with zero attached hydrogens (tertiary/aromatic N) is 2. The second-order valence-corrected chi connectivity index (χ2v) is 5.39. The van der Waals surface area contributed by atoms with Gasteiger partial charge in [-0.05, 0) is 6.42 Å². The summed E-state index contributed by atoms with van der Waals surface area (Å²) >= 11 is 0. The van der Waals surface area contributed by atoms with Gasteiger partial charge in [-0.25, -0.2) is 4.99 Å². The van der Waals surface area contributed by atoms with Gasteiger partial charge in [-0.2, -0.15) is 0 Å². The molecule has 3 N–H and O–H groups in total. The molecule has 1 fully saturated rings. The molecule has 0 unspecified atom stereocenters. The van der Waals surface area contributed by atoms with Crippen molar-refractivity contribution in [3.8, 4) is 0 Å². The number of amides is 1. The first-order chi connectivity index (χ1) is 10.2. The van der Waals surface area contributed by atoms with E-state index in [-0.39, 0.29) is 36.4 Å². The van der Waals surface area contributed by atoms with E-state index in [9.17, 15) is 4.79 Å². The number of rotatable bonds is 9. The highest BCUT2D eigenvalue weighted by Crippen LogP contribution is 2.04. The fourth-order valence-electron chi connectivity index (χ4n) is 2.24. The van der Waals surface area contributed by atoms with Gasteiger partial charge in [0.2, 0.25) is 5.91 Å². The van der Waals surface area contributed by atoms with E-state index in [1.807, 2.05) is 0 Å². The number of halogens is 1. The van der Waals surface area contributed by atoms with Crippen molar-refractivity contribution < 1.29 is 9.53 Å². The number of nitrogens with two attached hydrogens (primary N) is 1. The van der Waals surface area contributed by atoms with Crippen molar-refractivity contribution in [1.29, 1.82) is 0 Å². The molecule has 1 rings (SSSR count). The number of ether oxygens (including phenoxy) is 1. The molecule has 0 aromatic heterocycles. The molecule has 0 aromatic carbocycles. The lowest BCUT2D eigenvalue weighted by Crippen LogP contribution is -2.42. The quantitative estimate of drug-likeness (QED) is 0.255. The standard InChI is InChI=1S/C15H30N4O2.HI/c1-2-3-4-5-6-7-8-17-15(16)18-13-14(20)19-9-11-21-12-10-19;/h2-13H2,1H3,(H3,16,17,18);1H. The number of hydrogen-bond acceptors (Lipinski definition) is 3. The second kappa shape index (κ2) is 14.0. The Bertz CT molecular complexity index is 321. The summed E-state index contributed by atoms with van der Waals surface area (Å²) in [4.78, 5) is 17.7. The highest BCUT2D eigenvalue weighted by Gasteiger charge is 2.15. The third-order valence-corrected chi connectivity index (χ3v) is 3.58. The normalized spacial score (nSPS) is 15.3. The minimum Gasteiger partial charge on any atom is -0.378 e. The average molecular weight is 426 g/mol. The van der Waals surface area contributed by atoms with E-state index >= 15 is 0 Å². The summed E-state index contributed by atoms with van der Waals surface area (Å²) in [5.74, 6) is 0.382. The van der Waals surface area contributed by atoms with Crippen molar-refractivity contribution in [2.45, 2.75) is 45.4 Å². The number of unbranched alkanes of at least 4 members (excludes halogenated alkanes) is 5. The Labute approximate surface area is 151 Å². The van der Waals surface area contributed by atoms with Crippen LogP contribution in [0.25, 0.3) is 0 Å². The second-order valence-electron chi connectivity index (χ2n) is 5.39. The SMILES string of the molecule is CCCCCCCCNC(N)=NCC(=O)N1CCOCC1.I. The monoisotopic (exact) mass is 426 g/mol. The van der Waals surface area contributed by atoms with E-state index in [1.165, 1.54) is 32.1 Å². The van der Waals surface area contributed by atoms with Crippen molar-refractivity contribution >= 4 is 35.8 Å². The summed E-state index contributed by atoms with van der Waals surface area (Å²) in [7, 11) is 0. The van der Waals surface area contributed by atoms with Gasteiger partial charge < -0.3 is 20.7 Å². The molecule has 22 heavy (non-hydrogen) atoms. The van der Waals surface area contributed by atoms with Gasteiger partial charge in [-0.1, -0.05) is 39.0 Å². The number of aliphatic imine (C=N–C) groups is 1. The average Bonchev–Trinajstić information content (AvgIpc) is 2.52. The molecule has 0 radical (unpaired) electrons. The zero-order valence-electron chi connectivity index (χ0n) is 13.7. The van der Waals surface area contributed by atoms with Crippen LogP contribution in [0.4, 0.5) is 0 Å². The van der Waals surface area contributed by atoms with Gasteiger partial charge in [0.1, 0.15) is 6.54 Å². The van der Waals surface area contributed by atoms with Crippen molar-refractivity contribution in [1.82, 2.24) is 10.2 Å². The number of carbonyl (C=O) groups excluding carboxylic acids is 1. The predicted molar refractivity (Wildman–Crippen MR) is 101 cm³/mol. The number of hydrogen-bond donors (Lipinski definition) is 2. The molecule has 0 spiro atoms. The molecular formula is C15H31IN4O2. The maximum Gasteiger partial charge on any atom is 0.244 e. The summed E-state index contributed by atoms with van der Waals surface area (Å²) in [6.07, 6.45) is 7.50. The Morgan fingerprint density at radius 2 is 1.82 bits per heavy atom. The summed E-state index contributed by atoms with van der Waals surface area (Å²) < 4.78 is 5.21. The maximum absolute atomic E-state index is 11.9.